The van der Waals surface area contributed by atoms with Crippen molar-refractivity contribution < 1.29 is 33.7 Å². The average molecular weight is 436 g/mol. The largest absolute Gasteiger partial charge is 0.493 e. The second kappa shape index (κ2) is 8.10. The first-order valence-corrected chi connectivity index (χ1v) is 10.0. The molecule has 0 aromatic heterocycles. The number of carboxylic acid groups (broad SMARTS) is 1. The van der Waals surface area contributed by atoms with Crippen LogP contribution in [0, 0.1) is 0 Å². The molecule has 2 saturated heterocycles. The van der Waals surface area contributed by atoms with Gasteiger partial charge in [0.2, 0.25) is 17.6 Å². The van der Waals surface area contributed by atoms with Gasteiger partial charge in [0.1, 0.15) is 17.5 Å². The molecule has 3 rings (SSSR count). The van der Waals surface area contributed by atoms with Gasteiger partial charge in [-0.1, -0.05) is 0 Å². The summed E-state index contributed by atoms with van der Waals surface area (Å²) in [4.78, 5) is 37.7. The van der Waals surface area contributed by atoms with E-state index in [9.17, 15) is 19.5 Å². The summed E-state index contributed by atoms with van der Waals surface area (Å²) < 4.78 is 15.2. The Kier molecular flexibility index (Phi) is 5.89. The lowest BCUT2D eigenvalue weighted by Crippen LogP contribution is -2.70. The van der Waals surface area contributed by atoms with Gasteiger partial charge in [-0.2, -0.15) is 0 Å². The molecule has 162 valence electrons. The number of carbonyl (C=O) groups excluding carboxylic acids is 2. The Morgan fingerprint density at radius 3 is 2.27 bits per heavy atom. The molecule has 1 aromatic carbocycles. The number of thioether (sulfide) groups is 1. The number of carbonyl (C=O) groups is 3. The quantitative estimate of drug-likeness (QED) is 0.486. The highest BCUT2D eigenvalue weighted by molar-refractivity contribution is 8.01. The van der Waals surface area contributed by atoms with Crippen LogP contribution in [0.4, 0.5) is 0 Å². The number of fused-ring (bicyclic) bond motifs is 1. The van der Waals surface area contributed by atoms with Gasteiger partial charge in [-0.05, 0) is 37.6 Å². The van der Waals surface area contributed by atoms with Gasteiger partial charge >= 0.3 is 5.97 Å². The molecule has 2 N–H and O–H groups in total. The molecule has 10 heteroatoms. The lowest BCUT2D eigenvalue weighted by molar-refractivity contribution is -0.160. The van der Waals surface area contributed by atoms with Crippen molar-refractivity contribution in [2.45, 2.75) is 36.1 Å². The third-order valence-electron chi connectivity index (χ3n) is 5.09. The van der Waals surface area contributed by atoms with Crippen LogP contribution in [0.25, 0.3) is 6.08 Å². The maximum atomic E-state index is 12.5. The molecule has 30 heavy (non-hydrogen) atoms. The summed E-state index contributed by atoms with van der Waals surface area (Å²) in [5.41, 5.74) is 0.642. The smallest absolute Gasteiger partial charge is 0.327 e. The average Bonchev–Trinajstić information content (AvgIpc) is 2.97. The van der Waals surface area contributed by atoms with Crippen molar-refractivity contribution in [2.75, 3.05) is 21.3 Å². The molecule has 0 unspecified atom stereocenters. The Morgan fingerprint density at radius 1 is 1.17 bits per heavy atom. The number of methoxy groups -OCH3 is 3. The summed E-state index contributed by atoms with van der Waals surface area (Å²) in [6.07, 6.45) is 2.86. The number of hydrogen-bond donors (Lipinski definition) is 2. The van der Waals surface area contributed by atoms with E-state index in [0.717, 1.165) is 0 Å². The number of β-lactam (4-membered cyclic amide) rings is 1. The molecule has 2 heterocycles. The Bertz CT molecular complexity index is 889. The van der Waals surface area contributed by atoms with Crippen LogP contribution in [0.5, 0.6) is 17.2 Å². The van der Waals surface area contributed by atoms with E-state index in [4.69, 9.17) is 14.2 Å². The van der Waals surface area contributed by atoms with Crippen LogP contribution >= 0.6 is 11.8 Å². The van der Waals surface area contributed by atoms with Gasteiger partial charge in [-0.3, -0.25) is 9.59 Å². The molecule has 0 radical (unpaired) electrons. The topological polar surface area (TPSA) is 114 Å². The van der Waals surface area contributed by atoms with Crippen LogP contribution in [-0.4, -0.2) is 71.3 Å². The van der Waals surface area contributed by atoms with E-state index >= 15 is 0 Å². The predicted molar refractivity (Wildman–Crippen MR) is 111 cm³/mol. The van der Waals surface area contributed by atoms with E-state index in [2.05, 4.69) is 5.32 Å². The van der Waals surface area contributed by atoms with Gasteiger partial charge in [-0.25, -0.2) is 4.79 Å². The van der Waals surface area contributed by atoms with Crippen LogP contribution in [0.1, 0.15) is 19.4 Å². The number of rotatable bonds is 7. The number of hydrogen-bond acceptors (Lipinski definition) is 7. The Labute approximate surface area is 178 Å². The Morgan fingerprint density at radius 2 is 1.77 bits per heavy atom. The van der Waals surface area contributed by atoms with Crippen LogP contribution in [0.2, 0.25) is 0 Å². The fourth-order valence-corrected chi connectivity index (χ4v) is 5.34. The number of aliphatic carboxylic acids is 1. The van der Waals surface area contributed by atoms with Crippen molar-refractivity contribution in [3.05, 3.63) is 23.8 Å². The molecule has 2 amide bonds. The zero-order valence-corrected chi connectivity index (χ0v) is 18.1. The first kappa shape index (κ1) is 21.8. The zero-order chi connectivity index (χ0) is 22.2. The van der Waals surface area contributed by atoms with Crippen LogP contribution in [0.3, 0.4) is 0 Å². The molecule has 0 spiro atoms. The van der Waals surface area contributed by atoms with Crippen molar-refractivity contribution in [2.24, 2.45) is 0 Å². The van der Waals surface area contributed by atoms with E-state index in [-0.39, 0.29) is 5.91 Å². The molecular weight excluding hydrogens is 412 g/mol. The lowest BCUT2D eigenvalue weighted by Gasteiger charge is -2.43. The third-order valence-corrected chi connectivity index (χ3v) is 6.66. The molecule has 0 bridgehead atoms. The van der Waals surface area contributed by atoms with Crippen molar-refractivity contribution in [3.8, 4) is 17.2 Å². The number of ether oxygens (including phenoxy) is 3. The summed E-state index contributed by atoms with van der Waals surface area (Å²) in [7, 11) is 4.49. The van der Waals surface area contributed by atoms with E-state index in [1.54, 1.807) is 32.1 Å². The number of amides is 2. The van der Waals surface area contributed by atoms with E-state index < -0.39 is 34.1 Å². The van der Waals surface area contributed by atoms with Crippen LogP contribution in [-0.2, 0) is 14.4 Å². The highest BCUT2D eigenvalue weighted by Crippen LogP contribution is 2.50. The maximum absolute atomic E-state index is 12.5. The van der Waals surface area contributed by atoms with E-state index in [1.807, 2.05) is 0 Å². The van der Waals surface area contributed by atoms with Crippen molar-refractivity contribution in [1.82, 2.24) is 10.2 Å². The minimum absolute atomic E-state index is 0.389. The molecule has 1 aromatic rings. The normalized spacial score (nSPS) is 24.2. The molecular formula is C20H24N2O7S. The molecule has 2 aliphatic rings. The first-order chi connectivity index (χ1) is 14.1. The number of carboxylic acids is 1. The number of benzene rings is 1. The zero-order valence-electron chi connectivity index (χ0n) is 17.3. The van der Waals surface area contributed by atoms with Crippen molar-refractivity contribution in [1.29, 1.82) is 0 Å². The van der Waals surface area contributed by atoms with Crippen LogP contribution in [0.15, 0.2) is 18.2 Å². The minimum atomic E-state index is -1.05. The monoisotopic (exact) mass is 436 g/mol. The predicted octanol–water partition coefficient (Wildman–Crippen LogP) is 1.36. The van der Waals surface area contributed by atoms with Crippen molar-refractivity contribution >= 4 is 35.6 Å². The highest BCUT2D eigenvalue weighted by atomic mass is 32.2. The summed E-state index contributed by atoms with van der Waals surface area (Å²) in [6.45, 7) is 3.57. The second-order valence-corrected chi connectivity index (χ2v) is 9.15. The van der Waals surface area contributed by atoms with Gasteiger partial charge < -0.3 is 29.5 Å². The maximum Gasteiger partial charge on any atom is 0.327 e. The minimum Gasteiger partial charge on any atom is -0.493 e. The molecule has 0 aliphatic carbocycles. The van der Waals surface area contributed by atoms with Gasteiger partial charge in [0.25, 0.3) is 0 Å². The molecule has 0 saturated carbocycles. The van der Waals surface area contributed by atoms with E-state index in [1.165, 1.54) is 44.1 Å². The fraction of sp³-hybridized carbons (Fsp3) is 0.450. The third kappa shape index (κ3) is 3.67. The summed E-state index contributed by atoms with van der Waals surface area (Å²) >= 11 is 1.37. The molecule has 2 fully saturated rings. The SMILES string of the molecule is COc1cc(/C=C\C(=O)N[C@@H]2C(=O)N3[C@H]2SC(C)(C)[C@H]3C(=O)O)cc(OC)c1OC. The van der Waals surface area contributed by atoms with Crippen LogP contribution < -0.4 is 19.5 Å². The fourth-order valence-electron chi connectivity index (χ4n) is 3.72. The van der Waals surface area contributed by atoms with Crippen molar-refractivity contribution in [3.63, 3.8) is 0 Å². The van der Waals surface area contributed by atoms with E-state index in [0.29, 0.717) is 22.8 Å². The second-order valence-electron chi connectivity index (χ2n) is 7.38. The molecule has 9 nitrogen and oxygen atoms in total. The number of nitrogens with one attached hydrogen (secondary N) is 1. The molecule has 3 atom stereocenters. The standard InChI is InChI=1S/C20H24N2O7S/c1-20(2)16(19(25)26)22-17(24)14(18(22)30-20)21-13(23)7-6-10-8-11(27-3)15(29-5)12(9-10)28-4/h6-9,14,16,18H,1-5H3,(H,21,23)(H,25,26)/b7-6-/t14-,16-,18+/m1/s1. The summed E-state index contributed by atoms with van der Waals surface area (Å²) in [5, 5.41) is 11.7. The van der Waals surface area contributed by atoms with Gasteiger partial charge in [-0.15, -0.1) is 11.8 Å². The summed E-state index contributed by atoms with van der Waals surface area (Å²) in [6, 6.07) is 1.71. The summed E-state index contributed by atoms with van der Waals surface area (Å²) in [5.74, 6) is -0.554. The van der Waals surface area contributed by atoms with Gasteiger partial charge in [0.15, 0.2) is 11.5 Å². The first-order valence-electron chi connectivity index (χ1n) is 9.16. The van der Waals surface area contributed by atoms with Gasteiger partial charge in [0, 0.05) is 10.8 Å². The van der Waals surface area contributed by atoms with Gasteiger partial charge in [0.05, 0.1) is 21.3 Å². The number of nitrogens with zero attached hydrogens (tertiary/aromatic N) is 1. The molecule has 2 aliphatic heterocycles. The lowest BCUT2D eigenvalue weighted by atomic mass is 9.96. The Hall–Kier alpha value is -2.88. The Balaban J connectivity index is 1.71. The highest BCUT2D eigenvalue weighted by Gasteiger charge is 2.64.